The molecular weight excluding hydrogens is 337 g/mol. The summed E-state index contributed by atoms with van der Waals surface area (Å²) >= 11 is 0. The van der Waals surface area contributed by atoms with Gasteiger partial charge in [-0.25, -0.2) is 4.39 Å². The normalized spacial score (nSPS) is 14.2. The highest BCUT2D eigenvalue weighted by atomic mass is 19.1. The minimum absolute atomic E-state index is 0.0291. The summed E-state index contributed by atoms with van der Waals surface area (Å²) < 4.78 is 18.2. The fourth-order valence-corrected chi connectivity index (χ4v) is 2.81. The van der Waals surface area contributed by atoms with E-state index < -0.39 is 5.82 Å². The van der Waals surface area contributed by atoms with Crippen molar-refractivity contribution in [2.45, 2.75) is 13.3 Å². The number of anilines is 1. The van der Waals surface area contributed by atoms with E-state index in [0.717, 1.165) is 6.20 Å². The van der Waals surface area contributed by atoms with Gasteiger partial charge in [0.15, 0.2) is 0 Å². The van der Waals surface area contributed by atoms with Gasteiger partial charge in [0.1, 0.15) is 5.82 Å². The zero-order valence-corrected chi connectivity index (χ0v) is 14.5. The van der Waals surface area contributed by atoms with Gasteiger partial charge in [0.25, 0.3) is 5.91 Å². The first kappa shape index (κ1) is 18.0. The molecule has 2 heterocycles. The standard InChI is InChI=1S/C19H20FN3O3/c1-13-16(19(25)23-7-9-26-10-8-23)3-2-4-17(13)22-18(24)11-15-6-5-14(20)12-21-15/h2-6,12H,7-11H2,1H3,(H,22,24). The second kappa shape index (κ2) is 8.05. The minimum atomic E-state index is -0.445. The monoisotopic (exact) mass is 357 g/mol. The van der Waals surface area contributed by atoms with Gasteiger partial charge in [0.2, 0.25) is 5.91 Å². The van der Waals surface area contributed by atoms with E-state index in [9.17, 15) is 14.0 Å². The Balaban J connectivity index is 1.71. The van der Waals surface area contributed by atoms with Crippen LogP contribution in [0.15, 0.2) is 36.5 Å². The highest BCUT2D eigenvalue weighted by Crippen LogP contribution is 2.21. The van der Waals surface area contributed by atoms with E-state index in [2.05, 4.69) is 10.3 Å². The largest absolute Gasteiger partial charge is 0.378 e. The number of aromatic nitrogens is 1. The Hall–Kier alpha value is -2.80. The van der Waals surface area contributed by atoms with Crippen LogP contribution in [0, 0.1) is 12.7 Å². The van der Waals surface area contributed by atoms with Crippen molar-refractivity contribution in [3.63, 3.8) is 0 Å². The van der Waals surface area contributed by atoms with Gasteiger partial charge in [0, 0.05) is 30.0 Å². The zero-order valence-electron chi connectivity index (χ0n) is 14.5. The molecule has 6 nitrogen and oxygen atoms in total. The van der Waals surface area contributed by atoms with Crippen molar-refractivity contribution in [3.05, 3.63) is 59.2 Å². The molecule has 26 heavy (non-hydrogen) atoms. The smallest absolute Gasteiger partial charge is 0.254 e. The first-order valence-corrected chi connectivity index (χ1v) is 8.41. The van der Waals surface area contributed by atoms with E-state index >= 15 is 0 Å². The Bertz CT molecular complexity index is 802. The fourth-order valence-electron chi connectivity index (χ4n) is 2.81. The number of carbonyl (C=O) groups is 2. The van der Waals surface area contributed by atoms with E-state index in [4.69, 9.17) is 4.74 Å². The summed E-state index contributed by atoms with van der Waals surface area (Å²) in [5.74, 6) is -0.787. The van der Waals surface area contributed by atoms with Crippen molar-refractivity contribution in [2.24, 2.45) is 0 Å². The quantitative estimate of drug-likeness (QED) is 0.910. The van der Waals surface area contributed by atoms with Crippen LogP contribution in [0.5, 0.6) is 0 Å². The lowest BCUT2D eigenvalue weighted by atomic mass is 10.0. The fraction of sp³-hybridized carbons (Fsp3) is 0.316. The van der Waals surface area contributed by atoms with Crippen molar-refractivity contribution < 1.29 is 18.7 Å². The summed E-state index contributed by atoms with van der Waals surface area (Å²) in [5, 5.41) is 2.80. The molecule has 0 spiro atoms. The summed E-state index contributed by atoms with van der Waals surface area (Å²) in [6.45, 7) is 3.99. The molecule has 0 unspecified atom stereocenters. The number of amides is 2. The van der Waals surface area contributed by atoms with Crippen LogP contribution >= 0.6 is 0 Å². The topological polar surface area (TPSA) is 71.5 Å². The molecule has 1 aromatic heterocycles. The van der Waals surface area contributed by atoms with Crippen LogP contribution in [-0.2, 0) is 16.0 Å². The molecule has 1 saturated heterocycles. The Labute approximate surface area is 151 Å². The minimum Gasteiger partial charge on any atom is -0.378 e. The van der Waals surface area contributed by atoms with Gasteiger partial charge in [-0.15, -0.1) is 0 Å². The number of carbonyl (C=O) groups excluding carboxylic acids is 2. The number of ether oxygens (including phenoxy) is 1. The highest BCUT2D eigenvalue weighted by Gasteiger charge is 2.21. The van der Waals surface area contributed by atoms with Crippen molar-refractivity contribution in [1.82, 2.24) is 9.88 Å². The molecule has 1 aliphatic heterocycles. The van der Waals surface area contributed by atoms with Gasteiger partial charge >= 0.3 is 0 Å². The van der Waals surface area contributed by atoms with Crippen molar-refractivity contribution >= 4 is 17.5 Å². The summed E-state index contributed by atoms with van der Waals surface area (Å²) in [5.41, 5.74) is 2.33. The van der Waals surface area contributed by atoms with Gasteiger partial charge in [-0.2, -0.15) is 0 Å². The summed E-state index contributed by atoms with van der Waals surface area (Å²) in [4.78, 5) is 30.6. The van der Waals surface area contributed by atoms with E-state index in [-0.39, 0.29) is 18.2 Å². The molecule has 136 valence electrons. The molecule has 1 N–H and O–H groups in total. The van der Waals surface area contributed by atoms with Gasteiger partial charge in [-0.05, 0) is 36.8 Å². The molecule has 3 rings (SSSR count). The van der Waals surface area contributed by atoms with Crippen LogP contribution in [0.3, 0.4) is 0 Å². The number of nitrogens with one attached hydrogen (secondary N) is 1. The Morgan fingerprint density at radius 2 is 2.00 bits per heavy atom. The molecule has 7 heteroatoms. The lowest BCUT2D eigenvalue weighted by Gasteiger charge is -2.27. The lowest BCUT2D eigenvalue weighted by molar-refractivity contribution is -0.115. The van der Waals surface area contributed by atoms with E-state index in [1.807, 2.05) is 0 Å². The highest BCUT2D eigenvalue weighted by molar-refractivity contribution is 5.99. The number of hydrogen-bond acceptors (Lipinski definition) is 4. The molecule has 0 atom stereocenters. The van der Waals surface area contributed by atoms with Crippen LogP contribution in [0.2, 0.25) is 0 Å². The SMILES string of the molecule is Cc1c(NC(=O)Cc2ccc(F)cn2)cccc1C(=O)N1CCOCC1. The van der Waals surface area contributed by atoms with E-state index in [1.165, 1.54) is 12.1 Å². The third-order valence-corrected chi connectivity index (χ3v) is 4.27. The number of nitrogens with zero attached hydrogens (tertiary/aromatic N) is 2. The maximum Gasteiger partial charge on any atom is 0.254 e. The number of pyridine rings is 1. The van der Waals surface area contributed by atoms with E-state index in [1.54, 1.807) is 30.0 Å². The molecule has 2 amide bonds. The van der Waals surface area contributed by atoms with Crippen LogP contribution in [0.25, 0.3) is 0 Å². The van der Waals surface area contributed by atoms with Crippen molar-refractivity contribution in [2.75, 3.05) is 31.6 Å². The zero-order chi connectivity index (χ0) is 18.5. The average Bonchev–Trinajstić information content (AvgIpc) is 2.65. The van der Waals surface area contributed by atoms with E-state index in [0.29, 0.717) is 48.8 Å². The molecule has 2 aromatic rings. The molecule has 0 radical (unpaired) electrons. The number of benzene rings is 1. The van der Waals surface area contributed by atoms with Crippen molar-refractivity contribution in [1.29, 1.82) is 0 Å². The average molecular weight is 357 g/mol. The second-order valence-corrected chi connectivity index (χ2v) is 6.08. The van der Waals surface area contributed by atoms with Crippen LogP contribution in [-0.4, -0.2) is 48.0 Å². The summed E-state index contributed by atoms with van der Waals surface area (Å²) in [6.07, 6.45) is 1.11. The molecule has 0 aliphatic carbocycles. The first-order chi connectivity index (χ1) is 12.5. The Morgan fingerprint density at radius 3 is 2.69 bits per heavy atom. The van der Waals surface area contributed by atoms with Gasteiger partial charge in [0.05, 0.1) is 25.8 Å². The maximum absolute atomic E-state index is 12.9. The number of morpholine rings is 1. The van der Waals surface area contributed by atoms with Gasteiger partial charge in [-0.3, -0.25) is 14.6 Å². The predicted molar refractivity (Wildman–Crippen MR) is 94.4 cm³/mol. The molecular formula is C19H20FN3O3. The van der Waals surface area contributed by atoms with Gasteiger partial charge in [-0.1, -0.05) is 6.07 Å². The van der Waals surface area contributed by atoms with Crippen LogP contribution in [0.1, 0.15) is 21.6 Å². The van der Waals surface area contributed by atoms with Gasteiger partial charge < -0.3 is 15.0 Å². The maximum atomic E-state index is 12.9. The number of rotatable bonds is 4. The first-order valence-electron chi connectivity index (χ1n) is 8.41. The van der Waals surface area contributed by atoms with Crippen LogP contribution < -0.4 is 5.32 Å². The molecule has 1 aliphatic rings. The molecule has 1 aromatic carbocycles. The molecule has 0 saturated carbocycles. The predicted octanol–water partition coefficient (Wildman–Crippen LogP) is 2.18. The second-order valence-electron chi connectivity index (χ2n) is 6.08. The summed E-state index contributed by atoms with van der Waals surface area (Å²) in [7, 11) is 0. The molecule has 0 bridgehead atoms. The Morgan fingerprint density at radius 1 is 1.23 bits per heavy atom. The third kappa shape index (κ3) is 4.23. The van der Waals surface area contributed by atoms with Crippen LogP contribution in [0.4, 0.5) is 10.1 Å². The Kier molecular flexibility index (Phi) is 5.58. The third-order valence-electron chi connectivity index (χ3n) is 4.27. The van der Waals surface area contributed by atoms with Crippen molar-refractivity contribution in [3.8, 4) is 0 Å². The summed E-state index contributed by atoms with van der Waals surface area (Å²) in [6, 6.07) is 7.99. The molecule has 1 fully saturated rings. The lowest BCUT2D eigenvalue weighted by Crippen LogP contribution is -2.41. The number of hydrogen-bond donors (Lipinski definition) is 1. The number of halogens is 1.